The molecule has 3 aliphatic heterocycles. The van der Waals surface area contributed by atoms with Crippen LogP contribution in [0, 0.1) is 5.92 Å². The second kappa shape index (κ2) is 8.54. The van der Waals surface area contributed by atoms with Gasteiger partial charge in [-0.15, -0.1) is 0 Å². The molecule has 0 N–H and O–H groups in total. The Labute approximate surface area is 175 Å². The molecular weight excluding hydrogens is 420 g/mol. The molecule has 1 aromatic carbocycles. The summed E-state index contributed by atoms with van der Waals surface area (Å²) in [4.78, 5) is 30.4. The molecule has 2 amide bonds. The van der Waals surface area contributed by atoms with Crippen molar-refractivity contribution in [1.29, 1.82) is 0 Å². The second-order valence-electron chi connectivity index (χ2n) is 8.30. The fourth-order valence-corrected chi connectivity index (χ4v) is 5.21. The average Bonchev–Trinajstić information content (AvgIpc) is 3.29. The number of amides is 2. The summed E-state index contributed by atoms with van der Waals surface area (Å²) in [5.74, 6) is 0.601. The number of piperidine rings is 1. The zero-order valence-corrected chi connectivity index (χ0v) is 18.0. The predicted octanol–water partition coefficient (Wildman–Crippen LogP) is 3.36. The summed E-state index contributed by atoms with van der Waals surface area (Å²) in [5, 5.41) is 0. The topological polar surface area (TPSA) is 49.9 Å². The molecule has 3 saturated heterocycles. The SMILES string of the molecule is O=C(C1CCN(C(=O)C2(c3ccc(Br)cc3)CCOCC2)CC1)N1CCCC1. The largest absolute Gasteiger partial charge is 0.381 e. The quantitative estimate of drug-likeness (QED) is 0.711. The van der Waals surface area contributed by atoms with Crippen LogP contribution in [-0.4, -0.2) is 61.0 Å². The van der Waals surface area contributed by atoms with Gasteiger partial charge in [0.2, 0.25) is 11.8 Å². The van der Waals surface area contributed by atoms with Gasteiger partial charge < -0.3 is 14.5 Å². The number of carbonyl (C=O) groups excluding carboxylic acids is 2. The molecule has 3 aliphatic rings. The minimum Gasteiger partial charge on any atom is -0.381 e. The molecule has 1 aromatic rings. The number of ether oxygens (including phenoxy) is 1. The maximum Gasteiger partial charge on any atom is 0.233 e. The number of hydrogen-bond donors (Lipinski definition) is 0. The van der Waals surface area contributed by atoms with E-state index < -0.39 is 5.41 Å². The van der Waals surface area contributed by atoms with Gasteiger partial charge in [0.05, 0.1) is 5.41 Å². The molecule has 6 heteroatoms. The predicted molar refractivity (Wildman–Crippen MR) is 111 cm³/mol. The number of carbonyl (C=O) groups is 2. The number of hydrogen-bond acceptors (Lipinski definition) is 3. The van der Waals surface area contributed by atoms with Crippen molar-refractivity contribution in [1.82, 2.24) is 9.80 Å². The number of rotatable bonds is 3. The monoisotopic (exact) mass is 448 g/mol. The maximum atomic E-state index is 13.7. The smallest absolute Gasteiger partial charge is 0.233 e. The first-order valence-corrected chi connectivity index (χ1v) is 11.3. The van der Waals surface area contributed by atoms with Crippen molar-refractivity contribution in [3.63, 3.8) is 0 Å². The van der Waals surface area contributed by atoms with E-state index in [0.717, 1.165) is 61.7 Å². The van der Waals surface area contributed by atoms with Crippen molar-refractivity contribution in [2.24, 2.45) is 5.92 Å². The van der Waals surface area contributed by atoms with Crippen LogP contribution in [0.4, 0.5) is 0 Å². The van der Waals surface area contributed by atoms with Crippen molar-refractivity contribution in [2.45, 2.75) is 43.9 Å². The highest BCUT2D eigenvalue weighted by Gasteiger charge is 2.45. The lowest BCUT2D eigenvalue weighted by molar-refractivity contribution is -0.146. The lowest BCUT2D eigenvalue weighted by Gasteiger charge is -2.42. The zero-order chi connectivity index (χ0) is 19.6. The Hall–Kier alpha value is -1.40. The van der Waals surface area contributed by atoms with Crippen LogP contribution in [0.5, 0.6) is 0 Å². The van der Waals surface area contributed by atoms with Crippen molar-refractivity contribution in [2.75, 3.05) is 39.4 Å². The summed E-state index contributed by atoms with van der Waals surface area (Å²) >= 11 is 3.49. The van der Waals surface area contributed by atoms with Crippen LogP contribution in [0.1, 0.15) is 44.1 Å². The minimum absolute atomic E-state index is 0.0838. The maximum absolute atomic E-state index is 13.7. The molecule has 4 rings (SSSR count). The van der Waals surface area contributed by atoms with Crippen LogP contribution in [0.3, 0.4) is 0 Å². The lowest BCUT2D eigenvalue weighted by Crippen LogP contribution is -2.53. The molecule has 0 aromatic heterocycles. The van der Waals surface area contributed by atoms with E-state index in [1.165, 1.54) is 0 Å². The highest BCUT2D eigenvalue weighted by Crippen LogP contribution is 2.38. The van der Waals surface area contributed by atoms with E-state index in [1.54, 1.807) is 0 Å². The normalized spacial score (nSPS) is 23.0. The van der Waals surface area contributed by atoms with E-state index in [9.17, 15) is 9.59 Å². The Morgan fingerprint density at radius 3 is 2.14 bits per heavy atom. The number of halogens is 1. The highest BCUT2D eigenvalue weighted by atomic mass is 79.9. The third-order valence-electron chi connectivity index (χ3n) is 6.70. The van der Waals surface area contributed by atoms with E-state index >= 15 is 0 Å². The van der Waals surface area contributed by atoms with Gasteiger partial charge in [-0.1, -0.05) is 28.1 Å². The van der Waals surface area contributed by atoms with Gasteiger partial charge in [-0.3, -0.25) is 9.59 Å². The minimum atomic E-state index is -0.495. The van der Waals surface area contributed by atoms with Crippen molar-refractivity contribution < 1.29 is 14.3 Å². The molecule has 3 heterocycles. The van der Waals surface area contributed by atoms with Crippen LogP contribution in [-0.2, 0) is 19.7 Å². The Bertz CT molecular complexity index is 701. The van der Waals surface area contributed by atoms with E-state index in [0.29, 0.717) is 32.2 Å². The standard InChI is InChI=1S/C22H29BrN2O3/c23-19-5-3-18(4-6-19)22(9-15-28-16-10-22)21(27)25-13-7-17(8-14-25)20(26)24-11-1-2-12-24/h3-6,17H,1-2,7-16H2. The van der Waals surface area contributed by atoms with E-state index in [1.807, 2.05) is 21.9 Å². The molecule has 0 bridgehead atoms. The Kier molecular flexibility index (Phi) is 6.07. The third-order valence-corrected chi connectivity index (χ3v) is 7.23. The summed E-state index contributed by atoms with van der Waals surface area (Å²) in [6, 6.07) is 8.16. The fourth-order valence-electron chi connectivity index (χ4n) is 4.94. The van der Waals surface area contributed by atoms with Gasteiger partial charge >= 0.3 is 0 Å². The van der Waals surface area contributed by atoms with Crippen LogP contribution in [0.15, 0.2) is 28.7 Å². The summed E-state index contributed by atoms with van der Waals surface area (Å²) in [6.45, 7) is 4.41. The first kappa shape index (κ1) is 19.9. The fraction of sp³-hybridized carbons (Fsp3) is 0.636. The molecule has 0 saturated carbocycles. The van der Waals surface area contributed by atoms with Crippen molar-refractivity contribution >= 4 is 27.7 Å². The molecular formula is C22H29BrN2O3. The Morgan fingerprint density at radius 1 is 0.929 bits per heavy atom. The number of benzene rings is 1. The first-order valence-electron chi connectivity index (χ1n) is 10.5. The Morgan fingerprint density at radius 2 is 1.54 bits per heavy atom. The molecule has 0 atom stereocenters. The molecule has 152 valence electrons. The van der Waals surface area contributed by atoms with Gasteiger partial charge in [0.15, 0.2) is 0 Å². The second-order valence-corrected chi connectivity index (χ2v) is 9.22. The third kappa shape index (κ3) is 3.86. The average molecular weight is 449 g/mol. The van der Waals surface area contributed by atoms with Gasteiger partial charge in [-0.05, 0) is 56.2 Å². The zero-order valence-electron chi connectivity index (χ0n) is 16.4. The highest BCUT2D eigenvalue weighted by molar-refractivity contribution is 9.10. The van der Waals surface area contributed by atoms with Gasteiger partial charge in [-0.25, -0.2) is 0 Å². The van der Waals surface area contributed by atoms with Gasteiger partial charge in [0.25, 0.3) is 0 Å². The van der Waals surface area contributed by atoms with E-state index in [-0.39, 0.29) is 11.8 Å². The molecule has 0 radical (unpaired) electrons. The first-order chi connectivity index (χ1) is 13.6. The van der Waals surface area contributed by atoms with Crippen LogP contribution in [0.2, 0.25) is 0 Å². The van der Waals surface area contributed by atoms with Gasteiger partial charge in [-0.2, -0.15) is 0 Å². The van der Waals surface area contributed by atoms with Gasteiger partial charge in [0.1, 0.15) is 0 Å². The van der Waals surface area contributed by atoms with Crippen molar-refractivity contribution in [3.05, 3.63) is 34.3 Å². The summed E-state index contributed by atoms with van der Waals surface area (Å²) < 4.78 is 6.60. The van der Waals surface area contributed by atoms with E-state index in [2.05, 4.69) is 28.1 Å². The molecule has 3 fully saturated rings. The van der Waals surface area contributed by atoms with Crippen molar-refractivity contribution in [3.8, 4) is 0 Å². The summed E-state index contributed by atoms with van der Waals surface area (Å²) in [7, 11) is 0. The van der Waals surface area contributed by atoms with Crippen LogP contribution >= 0.6 is 15.9 Å². The van der Waals surface area contributed by atoms with Crippen LogP contribution in [0.25, 0.3) is 0 Å². The van der Waals surface area contributed by atoms with Gasteiger partial charge in [0, 0.05) is 49.8 Å². The molecule has 0 aliphatic carbocycles. The summed E-state index contributed by atoms with van der Waals surface area (Å²) in [5.41, 5.74) is 0.587. The molecule has 0 spiro atoms. The summed E-state index contributed by atoms with van der Waals surface area (Å²) in [6.07, 6.45) is 5.27. The van der Waals surface area contributed by atoms with Crippen LogP contribution < -0.4 is 0 Å². The lowest BCUT2D eigenvalue weighted by atomic mass is 9.72. The molecule has 0 unspecified atom stereocenters. The number of nitrogens with zero attached hydrogens (tertiary/aromatic N) is 2. The van der Waals surface area contributed by atoms with E-state index in [4.69, 9.17) is 4.74 Å². The molecule has 28 heavy (non-hydrogen) atoms. The number of likely N-dealkylation sites (tertiary alicyclic amines) is 2. The molecule has 5 nitrogen and oxygen atoms in total. The Balaban J connectivity index is 1.46.